The number of nitro groups is 1. The lowest BCUT2D eigenvalue weighted by Crippen LogP contribution is -2.11. The van der Waals surface area contributed by atoms with Gasteiger partial charge in [-0.15, -0.1) is 0 Å². The highest BCUT2D eigenvalue weighted by atomic mass is 16.6. The van der Waals surface area contributed by atoms with E-state index >= 15 is 0 Å². The average molecular weight is 117 g/mol. The molecule has 0 atom stereocenters. The molecule has 5 heteroatoms. The largest absolute Gasteiger partial charge is 0.362 e. The monoisotopic (exact) mass is 117 g/mol. The lowest BCUT2D eigenvalue weighted by Gasteiger charge is -1.88. The molecule has 0 aromatic carbocycles. The third-order valence-electron chi connectivity index (χ3n) is 0.676. The summed E-state index contributed by atoms with van der Waals surface area (Å²) >= 11 is 0. The molecular formula is C3H7N3O2. The number of amidine groups is 1. The molecule has 0 aliphatic carbocycles. The Bertz CT molecular complexity index is 120. The minimum Gasteiger partial charge on any atom is -0.358 e. The first kappa shape index (κ1) is 6.87. The quantitative estimate of drug-likeness (QED) is 0.172. The van der Waals surface area contributed by atoms with Crippen LogP contribution in [0.15, 0.2) is 5.10 Å². The van der Waals surface area contributed by atoms with E-state index in [-0.39, 0.29) is 12.3 Å². The molecule has 0 rings (SSSR count). The van der Waals surface area contributed by atoms with Crippen LogP contribution in [0.3, 0.4) is 0 Å². The summed E-state index contributed by atoms with van der Waals surface area (Å²) in [4.78, 5) is 9.16. The molecule has 0 aromatic heterocycles. The fourth-order valence-corrected chi connectivity index (χ4v) is 0.268. The van der Waals surface area contributed by atoms with Crippen molar-refractivity contribution in [2.24, 2.45) is 10.9 Å². The molecule has 8 heavy (non-hydrogen) atoms. The van der Waals surface area contributed by atoms with Crippen LogP contribution in [0.1, 0.15) is 13.3 Å². The van der Waals surface area contributed by atoms with E-state index in [4.69, 9.17) is 0 Å². The van der Waals surface area contributed by atoms with Crippen molar-refractivity contribution < 1.29 is 4.92 Å². The lowest BCUT2D eigenvalue weighted by molar-refractivity contribution is -0.353. The Balaban J connectivity index is 3.92. The van der Waals surface area contributed by atoms with Gasteiger partial charge < -0.3 is 10.1 Å². The molecule has 0 fully saturated rings. The smallest absolute Gasteiger partial charge is 0.358 e. The molecule has 46 valence electrons. The topological polar surface area (TPSA) is 81.5 Å². The zero-order chi connectivity index (χ0) is 6.57. The maximum Gasteiger partial charge on any atom is 0.362 e. The van der Waals surface area contributed by atoms with Crippen LogP contribution in [0.2, 0.25) is 0 Å². The van der Waals surface area contributed by atoms with Crippen molar-refractivity contribution >= 4 is 5.84 Å². The molecule has 0 bridgehead atoms. The van der Waals surface area contributed by atoms with Gasteiger partial charge in [0.1, 0.15) is 0 Å². The molecule has 0 aliphatic rings. The Kier molecular flexibility index (Phi) is 2.53. The van der Waals surface area contributed by atoms with Crippen molar-refractivity contribution in [3.63, 3.8) is 0 Å². The Morgan fingerprint density at radius 2 is 2.50 bits per heavy atom. The van der Waals surface area contributed by atoms with Gasteiger partial charge in [-0.25, -0.2) is 5.84 Å². The average Bonchev–Trinajstić information content (AvgIpc) is 1.69. The van der Waals surface area contributed by atoms with E-state index in [0.29, 0.717) is 0 Å². The standard InChI is InChI=1S/C3H7N3O2/c1-2-3(5-4)6(7)8/h2,4H2,1H3. The summed E-state index contributed by atoms with van der Waals surface area (Å²) < 4.78 is 0. The van der Waals surface area contributed by atoms with Gasteiger partial charge in [0, 0.05) is 5.10 Å². The van der Waals surface area contributed by atoms with Crippen LogP contribution < -0.4 is 5.84 Å². The third kappa shape index (κ3) is 1.55. The Hall–Kier alpha value is -1.13. The predicted octanol–water partition coefficient (Wildman–Crippen LogP) is -0.0547. The van der Waals surface area contributed by atoms with Gasteiger partial charge in [0.25, 0.3) is 0 Å². The van der Waals surface area contributed by atoms with Crippen molar-refractivity contribution in [2.45, 2.75) is 13.3 Å². The fourth-order valence-electron chi connectivity index (χ4n) is 0.268. The number of nitrogens with two attached hydrogens (primary N) is 1. The van der Waals surface area contributed by atoms with Crippen molar-refractivity contribution in [1.82, 2.24) is 0 Å². The Labute approximate surface area is 46.3 Å². The van der Waals surface area contributed by atoms with Crippen molar-refractivity contribution in [1.29, 1.82) is 0 Å². The second-order valence-corrected chi connectivity index (χ2v) is 1.16. The van der Waals surface area contributed by atoms with Gasteiger partial charge >= 0.3 is 5.84 Å². The van der Waals surface area contributed by atoms with E-state index in [0.717, 1.165) is 0 Å². The number of nitrogens with zero attached hydrogens (tertiary/aromatic N) is 2. The predicted molar refractivity (Wildman–Crippen MR) is 28.9 cm³/mol. The minimum absolute atomic E-state index is 0.190. The molecule has 0 heterocycles. The Morgan fingerprint density at radius 1 is 2.00 bits per heavy atom. The molecule has 2 N–H and O–H groups in total. The summed E-state index contributed by atoms with van der Waals surface area (Å²) in [5, 5.41) is 12.7. The van der Waals surface area contributed by atoms with Crippen LogP contribution in [-0.2, 0) is 0 Å². The van der Waals surface area contributed by atoms with Gasteiger partial charge in [0.05, 0.1) is 6.42 Å². The highest BCUT2D eigenvalue weighted by Crippen LogP contribution is 1.82. The molecule has 0 radical (unpaired) electrons. The molecule has 0 amide bonds. The van der Waals surface area contributed by atoms with E-state index in [1.54, 1.807) is 6.92 Å². The summed E-state index contributed by atoms with van der Waals surface area (Å²) in [5.74, 6) is 4.44. The van der Waals surface area contributed by atoms with Gasteiger partial charge in [-0.2, -0.15) is 0 Å². The molecule has 5 nitrogen and oxygen atoms in total. The summed E-state index contributed by atoms with van der Waals surface area (Å²) in [7, 11) is 0. The second kappa shape index (κ2) is 2.95. The van der Waals surface area contributed by atoms with Crippen LogP contribution in [0, 0.1) is 10.1 Å². The first-order valence-corrected chi connectivity index (χ1v) is 2.13. The highest BCUT2D eigenvalue weighted by molar-refractivity contribution is 5.73. The molecule has 0 unspecified atom stereocenters. The Morgan fingerprint density at radius 3 is 2.50 bits per heavy atom. The maximum absolute atomic E-state index is 9.76. The zero-order valence-corrected chi connectivity index (χ0v) is 4.50. The highest BCUT2D eigenvalue weighted by Gasteiger charge is 2.04. The number of hydrogen-bond acceptors (Lipinski definition) is 4. The van der Waals surface area contributed by atoms with E-state index in [1.807, 2.05) is 0 Å². The van der Waals surface area contributed by atoms with Crippen molar-refractivity contribution in [3.8, 4) is 0 Å². The van der Waals surface area contributed by atoms with E-state index in [1.165, 1.54) is 0 Å². The van der Waals surface area contributed by atoms with E-state index < -0.39 is 4.92 Å². The summed E-state index contributed by atoms with van der Waals surface area (Å²) in [6.45, 7) is 1.62. The molecule has 0 spiro atoms. The molecule has 0 saturated carbocycles. The molecule has 0 aromatic rings. The van der Waals surface area contributed by atoms with Crippen LogP contribution in [-0.4, -0.2) is 10.8 Å². The SMILES string of the molecule is CCC(=NN)[N+](=O)[O-]. The van der Waals surface area contributed by atoms with Crippen LogP contribution in [0.4, 0.5) is 0 Å². The van der Waals surface area contributed by atoms with Crippen LogP contribution >= 0.6 is 0 Å². The summed E-state index contributed by atoms with van der Waals surface area (Å²) in [6, 6.07) is 0. The third-order valence-corrected chi connectivity index (χ3v) is 0.676. The minimum atomic E-state index is -0.597. The van der Waals surface area contributed by atoms with Gasteiger partial charge in [-0.1, -0.05) is 6.92 Å². The van der Waals surface area contributed by atoms with Crippen molar-refractivity contribution in [2.75, 3.05) is 0 Å². The number of hydrazone groups is 1. The normalized spacial score (nSPS) is 11.4. The number of rotatable bonds is 1. The molecule has 0 aliphatic heterocycles. The van der Waals surface area contributed by atoms with Gasteiger partial charge in [0.2, 0.25) is 0 Å². The van der Waals surface area contributed by atoms with Crippen LogP contribution in [0.5, 0.6) is 0 Å². The lowest BCUT2D eigenvalue weighted by atomic mass is 10.5. The van der Waals surface area contributed by atoms with Gasteiger partial charge in [0.15, 0.2) is 0 Å². The number of hydrogen-bond donors (Lipinski definition) is 1. The van der Waals surface area contributed by atoms with Crippen molar-refractivity contribution in [3.05, 3.63) is 10.1 Å². The van der Waals surface area contributed by atoms with Crippen LogP contribution in [0.25, 0.3) is 0 Å². The first-order valence-electron chi connectivity index (χ1n) is 2.13. The summed E-state index contributed by atoms with van der Waals surface area (Å²) in [6.07, 6.45) is 0.267. The van der Waals surface area contributed by atoms with Gasteiger partial charge in [-0.05, 0) is 4.92 Å². The fraction of sp³-hybridized carbons (Fsp3) is 0.667. The molecule has 0 saturated heterocycles. The first-order chi connectivity index (χ1) is 3.72. The maximum atomic E-state index is 9.76. The van der Waals surface area contributed by atoms with Gasteiger partial charge in [-0.3, -0.25) is 0 Å². The molecular weight excluding hydrogens is 110 g/mol. The summed E-state index contributed by atoms with van der Waals surface area (Å²) in [5.41, 5.74) is 0. The zero-order valence-electron chi connectivity index (χ0n) is 4.50. The van der Waals surface area contributed by atoms with E-state index in [9.17, 15) is 10.1 Å². The van der Waals surface area contributed by atoms with E-state index in [2.05, 4.69) is 10.9 Å². The second-order valence-electron chi connectivity index (χ2n) is 1.16.